The summed E-state index contributed by atoms with van der Waals surface area (Å²) in [6.45, 7) is 7.91. The summed E-state index contributed by atoms with van der Waals surface area (Å²) in [6, 6.07) is 17.2. The van der Waals surface area contributed by atoms with Crippen molar-refractivity contribution in [3.8, 4) is 0 Å². The van der Waals surface area contributed by atoms with Crippen LogP contribution in [0, 0.1) is 0 Å². The van der Waals surface area contributed by atoms with Crippen molar-refractivity contribution in [2.75, 3.05) is 49.1 Å². The molecular formula is C24H29ClN4O. The van der Waals surface area contributed by atoms with Crippen LogP contribution in [0.3, 0.4) is 0 Å². The molecule has 2 aromatic carbocycles. The SMILES string of the molecule is CC(=O)N1CC(CCN2CCN(c3ccc4[nH]ccc4c3)CC2)c2ccccc21.Cl. The van der Waals surface area contributed by atoms with Gasteiger partial charge in [0.1, 0.15) is 0 Å². The average molecular weight is 425 g/mol. The summed E-state index contributed by atoms with van der Waals surface area (Å²) in [6.07, 6.45) is 3.11. The minimum Gasteiger partial charge on any atom is -0.369 e. The van der Waals surface area contributed by atoms with Gasteiger partial charge in [-0.25, -0.2) is 0 Å². The van der Waals surface area contributed by atoms with Crippen LogP contribution in [0.1, 0.15) is 24.8 Å². The Labute approximate surface area is 184 Å². The highest BCUT2D eigenvalue weighted by atomic mass is 35.5. The summed E-state index contributed by atoms with van der Waals surface area (Å²) in [7, 11) is 0. The van der Waals surface area contributed by atoms with Gasteiger partial charge < -0.3 is 14.8 Å². The largest absolute Gasteiger partial charge is 0.369 e. The minimum absolute atomic E-state index is 0. The molecule has 0 saturated carbocycles. The van der Waals surface area contributed by atoms with Crippen molar-refractivity contribution in [2.45, 2.75) is 19.3 Å². The molecule has 0 radical (unpaired) electrons. The van der Waals surface area contributed by atoms with Gasteiger partial charge >= 0.3 is 0 Å². The number of H-pyrrole nitrogens is 1. The predicted molar refractivity (Wildman–Crippen MR) is 126 cm³/mol. The molecule has 1 atom stereocenters. The van der Waals surface area contributed by atoms with Crippen molar-refractivity contribution in [1.82, 2.24) is 9.88 Å². The van der Waals surface area contributed by atoms with Crippen molar-refractivity contribution in [3.63, 3.8) is 0 Å². The molecule has 2 aliphatic heterocycles. The number of hydrogen-bond acceptors (Lipinski definition) is 3. The number of para-hydroxylation sites is 1. The van der Waals surface area contributed by atoms with Gasteiger partial charge in [-0.15, -0.1) is 12.4 Å². The standard InChI is InChI=1S/C24H28N4O.ClH/c1-18(29)28-17-20(22-4-2-3-5-24(22)28)9-11-26-12-14-27(15-13-26)21-6-7-23-19(16-21)8-10-25-23;/h2-8,10,16,20,25H,9,11-15,17H2,1H3;1H. The quantitative estimate of drug-likeness (QED) is 0.680. The Morgan fingerprint density at radius 1 is 1.07 bits per heavy atom. The molecular weight excluding hydrogens is 396 g/mol. The number of halogens is 1. The van der Waals surface area contributed by atoms with Crippen molar-refractivity contribution >= 4 is 40.6 Å². The monoisotopic (exact) mass is 424 g/mol. The van der Waals surface area contributed by atoms with Gasteiger partial charge in [-0.1, -0.05) is 18.2 Å². The first-order valence-corrected chi connectivity index (χ1v) is 10.6. The second kappa shape index (κ2) is 8.70. The Hall–Kier alpha value is -2.50. The highest BCUT2D eigenvalue weighted by molar-refractivity contribution is 5.94. The predicted octanol–water partition coefficient (Wildman–Crippen LogP) is 4.25. The lowest BCUT2D eigenvalue weighted by Crippen LogP contribution is -2.46. The van der Waals surface area contributed by atoms with Crippen molar-refractivity contribution < 1.29 is 4.79 Å². The third-order valence-electron chi connectivity index (χ3n) is 6.52. The van der Waals surface area contributed by atoms with Crippen LogP contribution in [0.4, 0.5) is 11.4 Å². The molecule has 1 N–H and O–H groups in total. The molecule has 1 fully saturated rings. The van der Waals surface area contributed by atoms with Crippen molar-refractivity contribution in [1.29, 1.82) is 0 Å². The fourth-order valence-electron chi connectivity index (χ4n) is 4.85. The molecule has 3 aromatic rings. The number of anilines is 2. The molecule has 0 spiro atoms. The first kappa shape index (κ1) is 20.8. The number of rotatable bonds is 4. The van der Waals surface area contributed by atoms with Crippen LogP contribution in [0.15, 0.2) is 54.7 Å². The molecule has 5 rings (SSSR count). The number of nitrogens with one attached hydrogen (secondary N) is 1. The number of nitrogens with zero attached hydrogens (tertiary/aromatic N) is 3. The third-order valence-corrected chi connectivity index (χ3v) is 6.52. The number of hydrogen-bond donors (Lipinski definition) is 1. The summed E-state index contributed by atoms with van der Waals surface area (Å²) in [4.78, 5) is 22.3. The maximum Gasteiger partial charge on any atom is 0.223 e. The second-order valence-corrected chi connectivity index (χ2v) is 8.25. The van der Waals surface area contributed by atoms with Gasteiger partial charge in [0.15, 0.2) is 0 Å². The molecule has 5 nitrogen and oxygen atoms in total. The van der Waals surface area contributed by atoms with E-state index in [2.05, 4.69) is 57.2 Å². The topological polar surface area (TPSA) is 42.6 Å². The van der Waals surface area contributed by atoms with Gasteiger partial charge in [0.05, 0.1) is 0 Å². The molecule has 1 saturated heterocycles. The average Bonchev–Trinajstić information content (AvgIpc) is 3.37. The molecule has 1 unspecified atom stereocenters. The highest BCUT2D eigenvalue weighted by Gasteiger charge is 2.30. The second-order valence-electron chi connectivity index (χ2n) is 8.25. The first-order valence-electron chi connectivity index (χ1n) is 10.6. The molecule has 30 heavy (non-hydrogen) atoms. The molecule has 6 heteroatoms. The van der Waals surface area contributed by atoms with Crippen LogP contribution >= 0.6 is 12.4 Å². The summed E-state index contributed by atoms with van der Waals surface area (Å²) >= 11 is 0. The van der Waals surface area contributed by atoms with Crippen molar-refractivity contribution in [2.24, 2.45) is 0 Å². The molecule has 3 heterocycles. The van der Waals surface area contributed by atoms with Crippen LogP contribution in [-0.2, 0) is 4.79 Å². The van der Waals surface area contributed by atoms with Crippen LogP contribution in [0.2, 0.25) is 0 Å². The molecule has 1 amide bonds. The Morgan fingerprint density at radius 2 is 1.87 bits per heavy atom. The number of amides is 1. The van der Waals surface area contributed by atoms with E-state index in [-0.39, 0.29) is 18.3 Å². The number of fused-ring (bicyclic) bond motifs is 2. The van der Waals surface area contributed by atoms with E-state index in [1.807, 2.05) is 17.2 Å². The van der Waals surface area contributed by atoms with Gasteiger partial charge in [-0.3, -0.25) is 9.69 Å². The summed E-state index contributed by atoms with van der Waals surface area (Å²) in [5.74, 6) is 0.595. The summed E-state index contributed by atoms with van der Waals surface area (Å²) < 4.78 is 0. The lowest BCUT2D eigenvalue weighted by atomic mass is 9.97. The molecule has 2 aliphatic rings. The van der Waals surface area contributed by atoms with E-state index in [0.29, 0.717) is 5.92 Å². The number of carbonyl (C=O) groups excluding carboxylic acids is 1. The first-order chi connectivity index (χ1) is 14.2. The number of aromatic nitrogens is 1. The maximum absolute atomic E-state index is 12.0. The van der Waals surface area contributed by atoms with Gasteiger partial charge in [0.25, 0.3) is 0 Å². The van der Waals surface area contributed by atoms with Gasteiger partial charge in [-0.2, -0.15) is 0 Å². The van der Waals surface area contributed by atoms with E-state index in [1.54, 1.807) is 6.92 Å². The molecule has 0 aliphatic carbocycles. The highest BCUT2D eigenvalue weighted by Crippen LogP contribution is 2.38. The smallest absolute Gasteiger partial charge is 0.223 e. The normalized spacial score (nSPS) is 19.0. The van der Waals surface area contributed by atoms with E-state index in [0.717, 1.165) is 51.4 Å². The Balaban J connectivity index is 0.00000218. The van der Waals surface area contributed by atoms with Crippen LogP contribution in [0.5, 0.6) is 0 Å². The van der Waals surface area contributed by atoms with E-state index < -0.39 is 0 Å². The molecule has 1 aromatic heterocycles. The number of carbonyl (C=O) groups is 1. The maximum atomic E-state index is 12.0. The molecule has 158 valence electrons. The van der Waals surface area contributed by atoms with Crippen LogP contribution < -0.4 is 9.80 Å². The fraction of sp³-hybridized carbons (Fsp3) is 0.375. The number of piperazine rings is 1. The lowest BCUT2D eigenvalue weighted by Gasteiger charge is -2.36. The van der Waals surface area contributed by atoms with E-state index in [4.69, 9.17) is 0 Å². The zero-order valence-electron chi connectivity index (χ0n) is 17.4. The van der Waals surface area contributed by atoms with E-state index in [1.165, 1.54) is 22.2 Å². The number of benzene rings is 2. The van der Waals surface area contributed by atoms with Crippen molar-refractivity contribution in [3.05, 3.63) is 60.3 Å². The summed E-state index contributed by atoms with van der Waals surface area (Å²) in [5.41, 5.74) is 4.96. The van der Waals surface area contributed by atoms with Gasteiger partial charge in [0.2, 0.25) is 5.91 Å². The Bertz CT molecular complexity index is 1020. The zero-order chi connectivity index (χ0) is 19.8. The van der Waals surface area contributed by atoms with E-state index in [9.17, 15) is 4.79 Å². The fourth-order valence-corrected chi connectivity index (χ4v) is 4.85. The summed E-state index contributed by atoms with van der Waals surface area (Å²) in [5, 5.41) is 1.28. The Kier molecular flexibility index (Phi) is 6.02. The van der Waals surface area contributed by atoms with Gasteiger partial charge in [0, 0.05) is 74.0 Å². The zero-order valence-corrected chi connectivity index (χ0v) is 18.2. The van der Waals surface area contributed by atoms with Crippen LogP contribution in [0.25, 0.3) is 10.9 Å². The third kappa shape index (κ3) is 3.92. The lowest BCUT2D eigenvalue weighted by molar-refractivity contribution is -0.116. The minimum atomic E-state index is 0. The van der Waals surface area contributed by atoms with Gasteiger partial charge in [-0.05, 0) is 48.9 Å². The number of aromatic amines is 1. The Morgan fingerprint density at radius 3 is 2.67 bits per heavy atom. The molecule has 0 bridgehead atoms. The van der Waals surface area contributed by atoms with E-state index >= 15 is 0 Å². The van der Waals surface area contributed by atoms with Crippen LogP contribution in [-0.4, -0.2) is 55.1 Å².